The van der Waals surface area contributed by atoms with Crippen LogP contribution in [-0.4, -0.2) is 14.1 Å². The number of hydrogen-bond donors (Lipinski definition) is 0. The van der Waals surface area contributed by atoms with E-state index in [1.54, 1.807) is 6.07 Å². The van der Waals surface area contributed by atoms with E-state index in [0.29, 0.717) is 5.30 Å². The summed E-state index contributed by atoms with van der Waals surface area (Å²) in [4.78, 5) is 1.87. The Morgan fingerprint density at radius 1 is 1.31 bits per heavy atom. The molecule has 0 saturated heterocycles. The van der Waals surface area contributed by atoms with Gasteiger partial charge in [0, 0.05) is 25.1 Å². The summed E-state index contributed by atoms with van der Waals surface area (Å²) in [6.07, 6.45) is 0. The summed E-state index contributed by atoms with van der Waals surface area (Å²) < 4.78 is 13.4. The molecule has 0 heterocycles. The summed E-state index contributed by atoms with van der Waals surface area (Å²) in [5.74, 6) is -0.175. The maximum Gasteiger partial charge on any atom is 0.134 e. The van der Waals surface area contributed by atoms with Crippen molar-refractivity contribution in [2.45, 2.75) is 0 Å². The van der Waals surface area contributed by atoms with Crippen LogP contribution in [0.2, 0.25) is 0 Å². The zero-order chi connectivity index (χ0) is 10.0. The molecule has 0 atom stereocenters. The van der Waals surface area contributed by atoms with E-state index < -0.39 is 5.33 Å². The fourth-order valence-corrected chi connectivity index (χ4v) is 3.05. The van der Waals surface area contributed by atoms with Crippen LogP contribution in [0.25, 0.3) is 0 Å². The maximum absolute atomic E-state index is 13.4. The molecule has 5 heteroatoms. The first-order chi connectivity index (χ1) is 6.02. The maximum atomic E-state index is 13.4. The predicted molar refractivity (Wildman–Crippen MR) is 65.1 cm³/mol. The highest BCUT2D eigenvalue weighted by Gasteiger charge is 2.10. The number of halogens is 3. The molecule has 0 spiro atoms. The minimum Gasteiger partial charge on any atom is -0.378 e. The lowest BCUT2D eigenvalue weighted by molar-refractivity contribution is 0.636. The third-order valence-corrected chi connectivity index (χ3v) is 4.65. The standard InChI is InChI=1S/C8H9Br2FNP/c1-12(2)6-3-4-8(13(9)10)7(11)5-6/h3-5H,1-2H3. The van der Waals surface area contributed by atoms with E-state index in [0.717, 1.165) is 5.69 Å². The van der Waals surface area contributed by atoms with E-state index in [4.69, 9.17) is 0 Å². The Morgan fingerprint density at radius 2 is 1.92 bits per heavy atom. The zero-order valence-electron chi connectivity index (χ0n) is 7.26. The lowest BCUT2D eigenvalue weighted by Crippen LogP contribution is -2.11. The van der Waals surface area contributed by atoms with Gasteiger partial charge in [0.15, 0.2) is 0 Å². The molecule has 1 aromatic carbocycles. The second-order valence-electron chi connectivity index (χ2n) is 2.76. The molecule has 0 fully saturated rings. The third-order valence-electron chi connectivity index (χ3n) is 1.63. The van der Waals surface area contributed by atoms with Crippen LogP contribution in [0.15, 0.2) is 18.2 Å². The number of benzene rings is 1. The molecule has 0 aliphatic carbocycles. The minimum absolute atomic E-state index is 0.175. The average Bonchev–Trinajstić information content (AvgIpc) is 2.03. The van der Waals surface area contributed by atoms with E-state index in [-0.39, 0.29) is 5.82 Å². The molecule has 0 N–H and O–H groups in total. The van der Waals surface area contributed by atoms with Crippen LogP contribution in [0.5, 0.6) is 0 Å². The molecular weight excluding hydrogens is 320 g/mol. The van der Waals surface area contributed by atoms with Crippen LogP contribution in [0.3, 0.4) is 0 Å². The Bertz CT molecular complexity index is 304. The lowest BCUT2D eigenvalue weighted by atomic mass is 10.3. The van der Waals surface area contributed by atoms with Crippen molar-refractivity contribution in [3.8, 4) is 0 Å². The van der Waals surface area contributed by atoms with E-state index >= 15 is 0 Å². The minimum atomic E-state index is -0.717. The van der Waals surface area contributed by atoms with Crippen molar-refractivity contribution in [1.82, 2.24) is 0 Å². The summed E-state index contributed by atoms with van der Waals surface area (Å²) in [6.45, 7) is 0. The van der Waals surface area contributed by atoms with Crippen LogP contribution in [0, 0.1) is 5.82 Å². The number of nitrogens with zero attached hydrogens (tertiary/aromatic N) is 1. The van der Waals surface area contributed by atoms with Gasteiger partial charge in [-0.25, -0.2) is 4.39 Å². The van der Waals surface area contributed by atoms with Crippen LogP contribution >= 0.6 is 36.3 Å². The second-order valence-corrected chi connectivity index (χ2v) is 10.8. The van der Waals surface area contributed by atoms with Crippen LogP contribution in [0.4, 0.5) is 10.1 Å². The average molecular weight is 329 g/mol. The molecule has 0 aliphatic rings. The van der Waals surface area contributed by atoms with Gasteiger partial charge in [0.2, 0.25) is 0 Å². The fourth-order valence-electron chi connectivity index (χ4n) is 0.911. The smallest absolute Gasteiger partial charge is 0.134 e. The van der Waals surface area contributed by atoms with Gasteiger partial charge in [-0.1, -0.05) is 0 Å². The van der Waals surface area contributed by atoms with Crippen molar-refractivity contribution in [1.29, 1.82) is 0 Å². The van der Waals surface area contributed by atoms with Gasteiger partial charge in [0.1, 0.15) is 5.82 Å². The third kappa shape index (κ3) is 2.90. The molecule has 0 aliphatic heterocycles. The Hall–Kier alpha value is 0.340. The normalized spacial score (nSPS) is 10.6. The molecule has 1 rings (SSSR count). The highest BCUT2D eigenvalue weighted by Crippen LogP contribution is 2.51. The van der Waals surface area contributed by atoms with Gasteiger partial charge < -0.3 is 4.90 Å². The van der Waals surface area contributed by atoms with E-state index in [9.17, 15) is 4.39 Å². The van der Waals surface area contributed by atoms with E-state index in [1.807, 2.05) is 25.1 Å². The SMILES string of the molecule is CN(C)c1ccc(P(Br)Br)c(F)c1. The lowest BCUT2D eigenvalue weighted by Gasteiger charge is -2.13. The predicted octanol–water partition coefficient (Wildman–Crippen LogP) is 3.62. The summed E-state index contributed by atoms with van der Waals surface area (Å²) in [5, 5.41) is -0.0355. The molecule has 0 aromatic heterocycles. The second kappa shape index (κ2) is 4.72. The van der Waals surface area contributed by atoms with Crippen LogP contribution in [-0.2, 0) is 0 Å². The molecule has 0 radical (unpaired) electrons. The number of anilines is 1. The Labute approximate surface area is 94.5 Å². The van der Waals surface area contributed by atoms with Gasteiger partial charge >= 0.3 is 0 Å². The number of hydrogen-bond acceptors (Lipinski definition) is 1. The Kier molecular flexibility index (Phi) is 4.14. The van der Waals surface area contributed by atoms with Crippen molar-refractivity contribution in [3.63, 3.8) is 0 Å². The Balaban J connectivity index is 3.06. The van der Waals surface area contributed by atoms with Crippen molar-refractivity contribution in [2.24, 2.45) is 0 Å². The van der Waals surface area contributed by atoms with Crippen molar-refractivity contribution in [3.05, 3.63) is 24.0 Å². The summed E-state index contributed by atoms with van der Waals surface area (Å²) >= 11 is 6.65. The first kappa shape index (κ1) is 11.4. The van der Waals surface area contributed by atoms with Crippen LogP contribution in [0.1, 0.15) is 0 Å². The van der Waals surface area contributed by atoms with Gasteiger partial charge in [0.05, 0.1) is 5.33 Å². The quantitative estimate of drug-likeness (QED) is 0.749. The van der Waals surface area contributed by atoms with Gasteiger partial charge in [0.25, 0.3) is 0 Å². The highest BCUT2D eigenvalue weighted by atomic mass is 79.9. The van der Waals surface area contributed by atoms with Crippen molar-refractivity contribution in [2.75, 3.05) is 19.0 Å². The van der Waals surface area contributed by atoms with E-state index in [2.05, 4.69) is 31.0 Å². The first-order valence-electron chi connectivity index (χ1n) is 3.61. The summed E-state index contributed by atoms with van der Waals surface area (Å²) in [7, 11) is 3.78. The molecule has 0 amide bonds. The van der Waals surface area contributed by atoms with Crippen LogP contribution < -0.4 is 10.2 Å². The summed E-state index contributed by atoms with van der Waals surface area (Å²) in [5.41, 5.74) is 0.873. The number of rotatable bonds is 2. The van der Waals surface area contributed by atoms with Gasteiger partial charge in [-0.3, -0.25) is 0 Å². The van der Waals surface area contributed by atoms with Gasteiger partial charge in [-0.05, 0) is 49.2 Å². The molecule has 1 aromatic rings. The molecule has 0 bridgehead atoms. The van der Waals surface area contributed by atoms with Crippen molar-refractivity contribution >= 4 is 47.3 Å². The fraction of sp³-hybridized carbons (Fsp3) is 0.250. The van der Waals surface area contributed by atoms with Gasteiger partial charge in [-0.2, -0.15) is 0 Å². The molecule has 0 saturated carbocycles. The zero-order valence-corrected chi connectivity index (χ0v) is 11.3. The Morgan fingerprint density at radius 3 is 2.31 bits per heavy atom. The highest BCUT2D eigenvalue weighted by molar-refractivity contribution is 9.70. The van der Waals surface area contributed by atoms with Gasteiger partial charge in [-0.15, -0.1) is 0 Å². The molecule has 13 heavy (non-hydrogen) atoms. The molecule has 1 nitrogen and oxygen atoms in total. The molecule has 0 unspecified atom stereocenters. The summed E-state index contributed by atoms with van der Waals surface area (Å²) in [6, 6.07) is 5.23. The first-order valence-corrected chi connectivity index (χ1v) is 8.99. The van der Waals surface area contributed by atoms with Crippen molar-refractivity contribution < 1.29 is 4.39 Å². The molecular formula is C8H9Br2FNP. The van der Waals surface area contributed by atoms with E-state index in [1.165, 1.54) is 6.07 Å². The largest absolute Gasteiger partial charge is 0.378 e. The molecule has 72 valence electrons. The monoisotopic (exact) mass is 327 g/mol. The topological polar surface area (TPSA) is 3.24 Å².